The van der Waals surface area contributed by atoms with Gasteiger partial charge in [0.25, 0.3) is 11.6 Å². The second kappa shape index (κ2) is 6.72. The molecule has 3 rings (SSSR count). The van der Waals surface area contributed by atoms with Crippen LogP contribution in [0.5, 0.6) is 0 Å². The van der Waals surface area contributed by atoms with Crippen LogP contribution in [-0.2, 0) is 16.0 Å². The number of esters is 1. The van der Waals surface area contributed by atoms with Crippen LogP contribution in [0, 0.1) is 17.0 Å². The molecule has 7 heteroatoms. The second-order valence-corrected chi connectivity index (χ2v) is 5.73. The molecule has 0 fully saturated rings. The Morgan fingerprint density at radius 1 is 1.20 bits per heavy atom. The van der Waals surface area contributed by atoms with Gasteiger partial charge in [-0.3, -0.25) is 14.9 Å². The highest BCUT2D eigenvalue weighted by atomic mass is 16.6. The first-order valence-electron chi connectivity index (χ1n) is 7.78. The number of para-hydroxylation sites is 2. The lowest BCUT2D eigenvalue weighted by Crippen LogP contribution is -2.33. The van der Waals surface area contributed by atoms with E-state index < -0.39 is 17.5 Å². The number of fused-ring (bicyclic) bond motifs is 1. The number of hydrogen-bond donors (Lipinski definition) is 0. The molecule has 1 amide bonds. The van der Waals surface area contributed by atoms with E-state index in [1.807, 2.05) is 24.3 Å². The van der Waals surface area contributed by atoms with Gasteiger partial charge in [-0.05, 0) is 31.0 Å². The monoisotopic (exact) mass is 340 g/mol. The van der Waals surface area contributed by atoms with Crippen LogP contribution in [-0.4, -0.2) is 30.0 Å². The van der Waals surface area contributed by atoms with E-state index in [-0.39, 0.29) is 17.2 Å². The number of anilines is 1. The number of carbonyl (C=O) groups excluding carboxylic acids is 2. The average Bonchev–Trinajstić information content (AvgIpc) is 3.03. The van der Waals surface area contributed by atoms with Crippen molar-refractivity contribution in [3.8, 4) is 0 Å². The maximum Gasteiger partial charge on any atom is 0.345 e. The van der Waals surface area contributed by atoms with Crippen molar-refractivity contribution in [3.05, 3.63) is 69.3 Å². The van der Waals surface area contributed by atoms with E-state index in [1.165, 1.54) is 12.1 Å². The number of carbonyl (C=O) groups is 2. The van der Waals surface area contributed by atoms with Crippen molar-refractivity contribution in [3.63, 3.8) is 0 Å². The number of hydrogen-bond acceptors (Lipinski definition) is 5. The fraction of sp³-hybridized carbons (Fsp3) is 0.222. The first-order chi connectivity index (χ1) is 12.0. The highest BCUT2D eigenvalue weighted by Gasteiger charge is 2.27. The predicted octanol–water partition coefficient (Wildman–Crippen LogP) is 2.65. The molecule has 0 atom stereocenters. The number of aryl methyl sites for hydroxylation is 1. The molecule has 7 nitrogen and oxygen atoms in total. The fourth-order valence-corrected chi connectivity index (χ4v) is 2.95. The lowest BCUT2D eigenvalue weighted by atomic mass is 10.1. The molecule has 2 aromatic carbocycles. The van der Waals surface area contributed by atoms with Gasteiger partial charge < -0.3 is 9.64 Å². The Kier molecular flexibility index (Phi) is 4.47. The van der Waals surface area contributed by atoms with Crippen molar-refractivity contribution in [1.29, 1.82) is 0 Å². The average molecular weight is 340 g/mol. The molecule has 25 heavy (non-hydrogen) atoms. The Balaban J connectivity index is 1.71. The lowest BCUT2D eigenvalue weighted by Gasteiger charge is -2.17. The third kappa shape index (κ3) is 3.21. The van der Waals surface area contributed by atoms with E-state index in [2.05, 4.69) is 0 Å². The number of benzene rings is 2. The van der Waals surface area contributed by atoms with Gasteiger partial charge in [0.05, 0.1) is 4.92 Å². The Hall–Kier alpha value is -3.22. The Morgan fingerprint density at radius 2 is 1.96 bits per heavy atom. The minimum absolute atomic E-state index is 0.153. The molecule has 0 saturated heterocycles. The van der Waals surface area contributed by atoms with Crippen LogP contribution in [0.15, 0.2) is 42.5 Å². The van der Waals surface area contributed by atoms with Crippen LogP contribution in [0.2, 0.25) is 0 Å². The summed E-state index contributed by atoms with van der Waals surface area (Å²) < 4.78 is 5.03. The van der Waals surface area contributed by atoms with Crippen LogP contribution < -0.4 is 4.90 Å². The number of nitrogens with zero attached hydrogens (tertiary/aromatic N) is 2. The van der Waals surface area contributed by atoms with E-state index in [0.717, 1.165) is 17.7 Å². The molecule has 0 saturated carbocycles. The standard InChI is InChI=1S/C18H16N2O5/c1-12-5-4-7-14(17(12)20(23)24)18(22)25-11-16(21)19-10-9-13-6-2-3-8-15(13)19/h2-8H,9-11H2,1H3. The second-order valence-electron chi connectivity index (χ2n) is 5.73. The topological polar surface area (TPSA) is 89.8 Å². The zero-order valence-electron chi connectivity index (χ0n) is 13.6. The SMILES string of the molecule is Cc1cccc(C(=O)OCC(=O)N2CCc3ccccc32)c1[N+](=O)[O-]. The van der Waals surface area contributed by atoms with Crippen LogP contribution in [0.1, 0.15) is 21.5 Å². The number of amides is 1. The molecule has 128 valence electrons. The smallest absolute Gasteiger partial charge is 0.345 e. The predicted molar refractivity (Wildman–Crippen MR) is 90.6 cm³/mol. The third-order valence-electron chi connectivity index (χ3n) is 4.16. The van der Waals surface area contributed by atoms with Crippen LogP contribution in [0.3, 0.4) is 0 Å². The molecule has 1 aliphatic heterocycles. The van der Waals surface area contributed by atoms with Gasteiger partial charge in [-0.25, -0.2) is 4.79 Å². The number of ether oxygens (including phenoxy) is 1. The van der Waals surface area contributed by atoms with E-state index >= 15 is 0 Å². The molecule has 2 aromatic rings. The van der Waals surface area contributed by atoms with E-state index in [1.54, 1.807) is 17.9 Å². The van der Waals surface area contributed by atoms with Gasteiger partial charge in [-0.1, -0.05) is 30.3 Å². The quantitative estimate of drug-likeness (QED) is 0.485. The summed E-state index contributed by atoms with van der Waals surface area (Å²) in [7, 11) is 0. The molecule has 1 heterocycles. The van der Waals surface area contributed by atoms with Gasteiger partial charge in [0.2, 0.25) is 0 Å². The summed E-state index contributed by atoms with van der Waals surface area (Å²) in [5, 5.41) is 11.2. The maximum atomic E-state index is 12.3. The van der Waals surface area contributed by atoms with Crippen LogP contribution in [0.4, 0.5) is 11.4 Å². The third-order valence-corrected chi connectivity index (χ3v) is 4.16. The molecule has 0 unspecified atom stereocenters. The number of nitro benzene ring substituents is 1. The Morgan fingerprint density at radius 3 is 2.72 bits per heavy atom. The zero-order chi connectivity index (χ0) is 18.0. The summed E-state index contributed by atoms with van der Waals surface area (Å²) in [4.78, 5) is 36.6. The summed E-state index contributed by atoms with van der Waals surface area (Å²) in [6.07, 6.45) is 0.749. The van der Waals surface area contributed by atoms with Gasteiger partial charge in [0.15, 0.2) is 6.61 Å². The first-order valence-corrected chi connectivity index (χ1v) is 7.78. The summed E-state index contributed by atoms with van der Waals surface area (Å²) in [5.41, 5.74) is 1.78. The number of rotatable bonds is 4. The Labute approximate surface area is 144 Å². The van der Waals surface area contributed by atoms with E-state index in [4.69, 9.17) is 4.74 Å². The highest BCUT2D eigenvalue weighted by Crippen LogP contribution is 2.28. The van der Waals surface area contributed by atoms with Crippen molar-refractivity contribution in [2.24, 2.45) is 0 Å². The van der Waals surface area contributed by atoms with Gasteiger partial charge in [-0.15, -0.1) is 0 Å². The molecular weight excluding hydrogens is 324 g/mol. The summed E-state index contributed by atoms with van der Waals surface area (Å²) in [6, 6.07) is 11.9. The van der Waals surface area contributed by atoms with Crippen LogP contribution in [0.25, 0.3) is 0 Å². The molecule has 0 radical (unpaired) electrons. The molecular formula is C18H16N2O5. The lowest BCUT2D eigenvalue weighted by molar-refractivity contribution is -0.385. The fourth-order valence-electron chi connectivity index (χ4n) is 2.95. The van der Waals surface area contributed by atoms with Crippen molar-refractivity contribution in [2.45, 2.75) is 13.3 Å². The summed E-state index contributed by atoms with van der Waals surface area (Å²) in [6.45, 7) is 1.61. The molecule has 1 aliphatic rings. The number of nitro groups is 1. The maximum absolute atomic E-state index is 12.3. The highest BCUT2D eigenvalue weighted by molar-refractivity contribution is 5.99. The molecule has 0 aromatic heterocycles. The molecule has 0 spiro atoms. The van der Waals surface area contributed by atoms with Gasteiger partial charge in [0.1, 0.15) is 5.56 Å². The molecule has 0 aliphatic carbocycles. The minimum Gasteiger partial charge on any atom is -0.452 e. The molecule has 0 bridgehead atoms. The van der Waals surface area contributed by atoms with Crippen molar-refractivity contribution in [1.82, 2.24) is 0 Å². The van der Waals surface area contributed by atoms with Crippen molar-refractivity contribution >= 4 is 23.3 Å². The van der Waals surface area contributed by atoms with E-state index in [9.17, 15) is 19.7 Å². The van der Waals surface area contributed by atoms with Crippen molar-refractivity contribution in [2.75, 3.05) is 18.1 Å². The first kappa shape index (κ1) is 16.6. The summed E-state index contributed by atoms with van der Waals surface area (Å²) in [5.74, 6) is -1.23. The largest absolute Gasteiger partial charge is 0.452 e. The minimum atomic E-state index is -0.878. The van der Waals surface area contributed by atoms with E-state index in [0.29, 0.717) is 12.1 Å². The zero-order valence-corrected chi connectivity index (χ0v) is 13.6. The van der Waals surface area contributed by atoms with Gasteiger partial charge in [-0.2, -0.15) is 0 Å². The normalized spacial score (nSPS) is 12.6. The Bertz CT molecular complexity index is 862. The summed E-state index contributed by atoms with van der Waals surface area (Å²) >= 11 is 0. The molecule has 0 N–H and O–H groups in total. The van der Waals surface area contributed by atoms with Crippen LogP contribution >= 0.6 is 0 Å². The van der Waals surface area contributed by atoms with Gasteiger partial charge >= 0.3 is 5.97 Å². The van der Waals surface area contributed by atoms with Crippen molar-refractivity contribution < 1.29 is 19.2 Å². The van der Waals surface area contributed by atoms with Gasteiger partial charge in [0, 0.05) is 17.8 Å².